The first-order valence-corrected chi connectivity index (χ1v) is 6.78. The van der Waals surface area contributed by atoms with Crippen LogP contribution in [0.5, 0.6) is 0 Å². The second-order valence-corrected chi connectivity index (χ2v) is 5.46. The number of nitrogens with zero attached hydrogens (tertiary/aromatic N) is 5. The van der Waals surface area contributed by atoms with Crippen molar-refractivity contribution in [2.75, 3.05) is 0 Å². The Kier molecular flexibility index (Phi) is 2.83. The Hall–Kier alpha value is -1.88. The summed E-state index contributed by atoms with van der Waals surface area (Å²) in [6.07, 6.45) is 0. The summed E-state index contributed by atoms with van der Waals surface area (Å²) in [6, 6.07) is 2.05. The first-order chi connectivity index (χ1) is 9.40. The molecule has 3 rings (SSSR count). The van der Waals surface area contributed by atoms with Crippen LogP contribution in [0.25, 0.3) is 22.3 Å². The highest BCUT2D eigenvalue weighted by Crippen LogP contribution is 2.32. The van der Waals surface area contributed by atoms with Crippen molar-refractivity contribution in [2.24, 2.45) is 14.1 Å². The first kappa shape index (κ1) is 13.1. The smallest absolute Gasteiger partial charge is 0.158 e. The number of aryl methyl sites for hydroxylation is 5. The minimum absolute atomic E-state index is 0.604. The maximum Gasteiger partial charge on any atom is 0.158 e. The Balaban J connectivity index is 2.36. The van der Waals surface area contributed by atoms with Crippen molar-refractivity contribution in [2.45, 2.75) is 20.8 Å². The molecule has 0 aliphatic carbocycles. The zero-order chi connectivity index (χ0) is 14.6. The topological polar surface area (TPSA) is 48.5 Å². The average molecular weight is 290 g/mol. The fourth-order valence-electron chi connectivity index (χ4n) is 2.71. The zero-order valence-corrected chi connectivity index (χ0v) is 12.9. The lowest BCUT2D eigenvalue weighted by Gasteiger charge is -2.04. The van der Waals surface area contributed by atoms with Crippen LogP contribution >= 0.6 is 11.6 Å². The van der Waals surface area contributed by atoms with E-state index in [0.717, 1.165) is 39.2 Å². The summed E-state index contributed by atoms with van der Waals surface area (Å²) in [7, 11) is 3.74. The van der Waals surface area contributed by atoms with Crippen molar-refractivity contribution in [3.05, 3.63) is 28.2 Å². The third kappa shape index (κ3) is 1.73. The van der Waals surface area contributed by atoms with E-state index in [1.54, 1.807) is 9.36 Å². The molecule has 20 heavy (non-hydrogen) atoms. The molecule has 104 valence electrons. The minimum Gasteiger partial charge on any atom is -0.256 e. The van der Waals surface area contributed by atoms with Crippen LogP contribution in [0.15, 0.2) is 6.07 Å². The molecule has 0 spiro atoms. The van der Waals surface area contributed by atoms with Crippen molar-refractivity contribution in [1.82, 2.24) is 24.5 Å². The van der Waals surface area contributed by atoms with Crippen LogP contribution in [0.1, 0.15) is 17.0 Å². The van der Waals surface area contributed by atoms with Crippen molar-refractivity contribution < 1.29 is 0 Å². The van der Waals surface area contributed by atoms with Crippen LogP contribution in [0.3, 0.4) is 0 Å². The molecular weight excluding hydrogens is 274 g/mol. The summed E-state index contributed by atoms with van der Waals surface area (Å²) >= 11 is 6.34. The van der Waals surface area contributed by atoms with Gasteiger partial charge in [-0.25, -0.2) is 4.98 Å². The summed E-state index contributed by atoms with van der Waals surface area (Å²) < 4.78 is 3.47. The van der Waals surface area contributed by atoms with Gasteiger partial charge in [-0.05, 0) is 32.4 Å². The molecule has 0 atom stereocenters. The van der Waals surface area contributed by atoms with Gasteiger partial charge in [0.1, 0.15) is 5.15 Å². The molecule has 0 radical (unpaired) electrons. The number of hydrogen-bond acceptors (Lipinski definition) is 3. The molecule has 5 nitrogen and oxygen atoms in total. The normalized spacial score (nSPS) is 11.5. The van der Waals surface area contributed by atoms with Crippen LogP contribution in [0.4, 0.5) is 0 Å². The number of halogens is 1. The highest BCUT2D eigenvalue weighted by molar-refractivity contribution is 6.32. The largest absolute Gasteiger partial charge is 0.256 e. The fourth-order valence-corrected chi connectivity index (χ4v) is 2.98. The quantitative estimate of drug-likeness (QED) is 0.692. The molecule has 3 aromatic heterocycles. The van der Waals surface area contributed by atoms with Crippen LogP contribution < -0.4 is 0 Å². The number of hydrogen-bond donors (Lipinski definition) is 0. The highest BCUT2D eigenvalue weighted by atomic mass is 35.5. The molecule has 0 unspecified atom stereocenters. The molecule has 0 fully saturated rings. The predicted molar refractivity (Wildman–Crippen MR) is 79.9 cm³/mol. The second kappa shape index (κ2) is 4.31. The molecule has 0 aromatic carbocycles. The molecule has 3 heterocycles. The molecule has 0 saturated heterocycles. The van der Waals surface area contributed by atoms with E-state index >= 15 is 0 Å². The molecule has 0 aliphatic heterocycles. The van der Waals surface area contributed by atoms with E-state index in [0.29, 0.717) is 5.15 Å². The number of fused-ring (bicyclic) bond motifs is 1. The number of aromatic nitrogens is 5. The molecule has 0 N–H and O–H groups in total. The van der Waals surface area contributed by atoms with Gasteiger partial charge in [0, 0.05) is 19.5 Å². The standard InChI is InChI=1S/C14H16ClN5/c1-7-6-10(12-9(3)17-19(4)13(12)15)16-14-11(7)8(2)18-20(14)5/h6H,1-5H3. The Bertz CT molecular complexity index is 828. The number of rotatable bonds is 1. The van der Waals surface area contributed by atoms with E-state index in [4.69, 9.17) is 16.6 Å². The summed E-state index contributed by atoms with van der Waals surface area (Å²) in [5.74, 6) is 0. The van der Waals surface area contributed by atoms with Crippen molar-refractivity contribution >= 4 is 22.6 Å². The predicted octanol–water partition coefficient (Wildman–Crippen LogP) is 2.95. The molecule has 3 aromatic rings. The van der Waals surface area contributed by atoms with Gasteiger partial charge < -0.3 is 0 Å². The van der Waals surface area contributed by atoms with Gasteiger partial charge in [0.2, 0.25) is 0 Å². The summed E-state index contributed by atoms with van der Waals surface area (Å²) in [5, 5.41) is 10.5. The minimum atomic E-state index is 0.604. The lowest BCUT2D eigenvalue weighted by atomic mass is 10.1. The van der Waals surface area contributed by atoms with Gasteiger partial charge in [-0.2, -0.15) is 10.2 Å². The maximum atomic E-state index is 6.34. The maximum absolute atomic E-state index is 6.34. The molecule has 0 bridgehead atoms. The first-order valence-electron chi connectivity index (χ1n) is 6.40. The highest BCUT2D eigenvalue weighted by Gasteiger charge is 2.18. The zero-order valence-electron chi connectivity index (χ0n) is 12.2. The van der Waals surface area contributed by atoms with Crippen molar-refractivity contribution in [3.8, 4) is 11.3 Å². The van der Waals surface area contributed by atoms with Gasteiger partial charge in [-0.3, -0.25) is 9.36 Å². The Labute approximate surface area is 122 Å². The molecule has 0 aliphatic rings. The molecule has 0 amide bonds. The molecule has 0 saturated carbocycles. The van der Waals surface area contributed by atoms with Crippen LogP contribution in [-0.2, 0) is 14.1 Å². The van der Waals surface area contributed by atoms with Crippen LogP contribution in [0, 0.1) is 20.8 Å². The van der Waals surface area contributed by atoms with E-state index in [2.05, 4.69) is 17.1 Å². The van der Waals surface area contributed by atoms with Crippen molar-refractivity contribution in [3.63, 3.8) is 0 Å². The van der Waals surface area contributed by atoms with Crippen LogP contribution in [-0.4, -0.2) is 24.5 Å². The number of pyridine rings is 1. The third-order valence-corrected chi connectivity index (χ3v) is 4.01. The van der Waals surface area contributed by atoms with Gasteiger partial charge in [-0.15, -0.1) is 0 Å². The summed E-state index contributed by atoms with van der Waals surface area (Å²) in [6.45, 7) is 6.01. The summed E-state index contributed by atoms with van der Waals surface area (Å²) in [5.41, 5.74) is 5.62. The van der Waals surface area contributed by atoms with E-state index in [-0.39, 0.29) is 0 Å². The van der Waals surface area contributed by atoms with Gasteiger partial charge >= 0.3 is 0 Å². The van der Waals surface area contributed by atoms with E-state index in [1.807, 2.05) is 34.0 Å². The molecule has 6 heteroatoms. The lowest BCUT2D eigenvalue weighted by Crippen LogP contribution is -1.95. The summed E-state index contributed by atoms with van der Waals surface area (Å²) in [4.78, 5) is 4.72. The Morgan fingerprint density at radius 1 is 1.00 bits per heavy atom. The van der Waals surface area contributed by atoms with Gasteiger partial charge in [0.15, 0.2) is 5.65 Å². The van der Waals surface area contributed by atoms with Gasteiger partial charge in [-0.1, -0.05) is 11.6 Å². The fraction of sp³-hybridized carbons (Fsp3) is 0.357. The van der Waals surface area contributed by atoms with E-state index < -0.39 is 0 Å². The SMILES string of the molecule is Cc1nn(C)c(Cl)c1-c1cc(C)c2c(C)nn(C)c2n1. The van der Waals surface area contributed by atoms with Crippen molar-refractivity contribution in [1.29, 1.82) is 0 Å². The second-order valence-electron chi connectivity index (χ2n) is 5.11. The lowest BCUT2D eigenvalue weighted by molar-refractivity contribution is 0.757. The van der Waals surface area contributed by atoms with Gasteiger partial charge in [0.25, 0.3) is 0 Å². The average Bonchev–Trinajstić information content (AvgIpc) is 2.78. The monoisotopic (exact) mass is 289 g/mol. The van der Waals surface area contributed by atoms with Gasteiger partial charge in [0.05, 0.1) is 22.6 Å². The molecular formula is C14H16ClN5. The van der Waals surface area contributed by atoms with E-state index in [1.165, 1.54) is 0 Å². The van der Waals surface area contributed by atoms with E-state index in [9.17, 15) is 0 Å². The van der Waals surface area contributed by atoms with Crippen LogP contribution in [0.2, 0.25) is 5.15 Å². The Morgan fingerprint density at radius 2 is 1.65 bits per heavy atom. The third-order valence-electron chi connectivity index (χ3n) is 3.57. The Morgan fingerprint density at radius 3 is 2.25 bits per heavy atom.